The van der Waals surface area contributed by atoms with Crippen LogP contribution in [0.25, 0.3) is 0 Å². The van der Waals surface area contributed by atoms with E-state index >= 15 is 0 Å². The van der Waals surface area contributed by atoms with Crippen LogP contribution in [-0.4, -0.2) is 17.4 Å². The van der Waals surface area contributed by atoms with Gasteiger partial charge in [0.1, 0.15) is 0 Å². The van der Waals surface area contributed by atoms with Gasteiger partial charge in [0, 0.05) is 10.8 Å². The van der Waals surface area contributed by atoms with E-state index < -0.39 is 6.69 Å². The summed E-state index contributed by atoms with van der Waals surface area (Å²) in [7, 11) is 0. The molecule has 0 aromatic heterocycles. The van der Waals surface area contributed by atoms with Crippen LogP contribution in [0, 0.1) is 0 Å². The maximum atomic E-state index is 5.83. The van der Waals surface area contributed by atoms with Gasteiger partial charge in [-0.1, -0.05) is 0 Å². The summed E-state index contributed by atoms with van der Waals surface area (Å²) < 4.78 is 0. The van der Waals surface area contributed by atoms with Crippen LogP contribution in [0.5, 0.6) is 0 Å². The second-order valence-electron chi connectivity index (χ2n) is 2.47. The van der Waals surface area contributed by atoms with Crippen LogP contribution in [0.1, 0.15) is 6.92 Å². The van der Waals surface area contributed by atoms with Gasteiger partial charge in [0.05, 0.1) is 0 Å². The first kappa shape index (κ1) is 11.4. The molecule has 0 rings (SSSR count). The molecule has 5 heteroatoms. The molecule has 0 spiro atoms. The van der Waals surface area contributed by atoms with Crippen LogP contribution >= 0.6 is 45.4 Å². The Kier molecular flexibility index (Phi) is 5.02. The summed E-state index contributed by atoms with van der Waals surface area (Å²) in [6.45, 7) is 1.62. The first-order valence-corrected chi connectivity index (χ1v) is 8.59. The zero-order valence-electron chi connectivity index (χ0n) is 5.87. The highest BCUT2D eigenvalue weighted by Gasteiger charge is 2.27. The number of rotatable bonds is 3. The molecular weight excluding hydrogens is 230 g/mol. The van der Waals surface area contributed by atoms with Crippen molar-refractivity contribution in [2.75, 3.05) is 0 Å². The van der Waals surface area contributed by atoms with Crippen molar-refractivity contribution in [1.29, 1.82) is 0 Å². The normalized spacial score (nSPS) is 18.6. The minimum Gasteiger partial charge on any atom is -0.146 e. The standard InChI is InChI=1S/C5H10Cl4Si/c1-4(6)5(7)3-10(2,8)9/h4-5H,3H2,1-2H3. The maximum Gasteiger partial charge on any atom is 0.249 e. The van der Waals surface area contributed by atoms with Crippen molar-refractivity contribution in [3.8, 4) is 0 Å². The molecule has 0 aromatic rings. The van der Waals surface area contributed by atoms with Crippen molar-refractivity contribution in [2.45, 2.75) is 30.3 Å². The summed E-state index contributed by atoms with van der Waals surface area (Å²) in [6, 6.07) is 0.641. The van der Waals surface area contributed by atoms with Crippen molar-refractivity contribution < 1.29 is 0 Å². The topological polar surface area (TPSA) is 0 Å². The van der Waals surface area contributed by atoms with Crippen LogP contribution in [-0.2, 0) is 0 Å². The van der Waals surface area contributed by atoms with Crippen molar-refractivity contribution in [3.63, 3.8) is 0 Å². The van der Waals surface area contributed by atoms with Gasteiger partial charge in [-0.25, -0.2) is 0 Å². The van der Waals surface area contributed by atoms with Crippen LogP contribution in [0.2, 0.25) is 12.6 Å². The zero-order chi connectivity index (χ0) is 8.36. The number of hydrogen-bond acceptors (Lipinski definition) is 0. The molecule has 0 saturated carbocycles. The SMILES string of the molecule is CC(Cl)C(Cl)C[Si](C)(Cl)Cl. The highest BCUT2D eigenvalue weighted by Crippen LogP contribution is 2.27. The quantitative estimate of drug-likeness (QED) is 0.400. The van der Waals surface area contributed by atoms with E-state index in [1.807, 2.05) is 13.5 Å². The van der Waals surface area contributed by atoms with E-state index in [2.05, 4.69) is 0 Å². The van der Waals surface area contributed by atoms with Crippen molar-refractivity contribution >= 4 is 52.1 Å². The molecule has 0 heterocycles. The molecule has 10 heavy (non-hydrogen) atoms. The number of alkyl halides is 2. The van der Waals surface area contributed by atoms with Gasteiger partial charge >= 0.3 is 0 Å². The Labute approximate surface area is 82.2 Å². The second kappa shape index (κ2) is 4.41. The molecular formula is C5H10Cl4Si. The fourth-order valence-corrected chi connectivity index (χ4v) is 4.18. The summed E-state index contributed by atoms with van der Waals surface area (Å²) in [5, 5.41) is -0.167. The van der Waals surface area contributed by atoms with Gasteiger partial charge in [0.15, 0.2) is 0 Å². The van der Waals surface area contributed by atoms with Crippen LogP contribution in [0.3, 0.4) is 0 Å². The van der Waals surface area contributed by atoms with Crippen molar-refractivity contribution in [3.05, 3.63) is 0 Å². The molecule has 0 amide bonds. The van der Waals surface area contributed by atoms with E-state index in [4.69, 9.17) is 45.4 Å². The fourth-order valence-electron chi connectivity index (χ4n) is 0.505. The third-order valence-electron chi connectivity index (χ3n) is 1.05. The molecule has 0 saturated heterocycles. The van der Waals surface area contributed by atoms with Gasteiger partial charge in [-0.2, -0.15) is 0 Å². The lowest BCUT2D eigenvalue weighted by Crippen LogP contribution is -2.23. The molecule has 0 nitrogen and oxygen atoms in total. The first-order valence-electron chi connectivity index (χ1n) is 2.99. The Morgan fingerprint density at radius 2 is 1.70 bits per heavy atom. The van der Waals surface area contributed by atoms with Crippen LogP contribution in [0.15, 0.2) is 0 Å². The summed E-state index contributed by atoms with van der Waals surface area (Å²) >= 11 is 23.2. The number of hydrogen-bond donors (Lipinski definition) is 0. The molecule has 0 aliphatic carbocycles. The van der Waals surface area contributed by atoms with Gasteiger partial charge in [0.25, 0.3) is 0 Å². The Morgan fingerprint density at radius 1 is 1.30 bits per heavy atom. The molecule has 0 aromatic carbocycles. The molecule has 0 aliphatic rings. The molecule has 62 valence electrons. The largest absolute Gasteiger partial charge is 0.249 e. The third kappa shape index (κ3) is 6.11. The lowest BCUT2D eigenvalue weighted by molar-refractivity contribution is 0.895. The molecule has 0 aliphatic heterocycles. The Balaban J connectivity index is 3.68. The molecule has 0 N–H and O–H groups in total. The molecule has 2 unspecified atom stereocenters. The first-order chi connectivity index (χ1) is 4.33. The lowest BCUT2D eigenvalue weighted by Gasteiger charge is -2.16. The number of halogens is 4. The minimum atomic E-state index is -2.06. The monoisotopic (exact) mass is 238 g/mol. The molecule has 0 fully saturated rings. The van der Waals surface area contributed by atoms with E-state index in [-0.39, 0.29) is 10.8 Å². The third-order valence-corrected chi connectivity index (χ3v) is 4.36. The molecule has 0 radical (unpaired) electrons. The van der Waals surface area contributed by atoms with Gasteiger partial charge < -0.3 is 0 Å². The lowest BCUT2D eigenvalue weighted by atomic mass is 10.4. The average molecular weight is 240 g/mol. The summed E-state index contributed by atoms with van der Waals surface area (Å²) in [6.07, 6.45) is 0. The summed E-state index contributed by atoms with van der Waals surface area (Å²) in [4.78, 5) is 0. The Hall–Kier alpha value is 1.38. The summed E-state index contributed by atoms with van der Waals surface area (Å²) in [5.41, 5.74) is 0. The Morgan fingerprint density at radius 3 is 1.80 bits per heavy atom. The van der Waals surface area contributed by atoms with Gasteiger partial charge in [-0.15, -0.1) is 45.4 Å². The second-order valence-corrected chi connectivity index (χ2v) is 11.9. The van der Waals surface area contributed by atoms with E-state index in [9.17, 15) is 0 Å². The Bertz CT molecular complexity index is 98.3. The fraction of sp³-hybridized carbons (Fsp3) is 1.00. The van der Waals surface area contributed by atoms with E-state index in [0.717, 1.165) is 0 Å². The highest BCUT2D eigenvalue weighted by molar-refractivity contribution is 7.45. The van der Waals surface area contributed by atoms with Gasteiger partial charge in [0.2, 0.25) is 6.69 Å². The molecule has 0 bridgehead atoms. The van der Waals surface area contributed by atoms with Crippen molar-refractivity contribution in [2.24, 2.45) is 0 Å². The predicted octanol–water partition coefficient (Wildman–Crippen LogP) is 3.77. The smallest absolute Gasteiger partial charge is 0.146 e. The average Bonchev–Trinajstić information content (AvgIpc) is 1.60. The minimum absolute atomic E-state index is 0.0639. The van der Waals surface area contributed by atoms with Crippen LogP contribution < -0.4 is 0 Å². The van der Waals surface area contributed by atoms with Crippen molar-refractivity contribution in [1.82, 2.24) is 0 Å². The van der Waals surface area contributed by atoms with Gasteiger partial charge in [-0.05, 0) is 19.5 Å². The van der Waals surface area contributed by atoms with E-state index in [0.29, 0.717) is 6.04 Å². The van der Waals surface area contributed by atoms with Gasteiger partial charge in [-0.3, -0.25) is 0 Å². The predicted molar refractivity (Wildman–Crippen MR) is 53.1 cm³/mol. The van der Waals surface area contributed by atoms with E-state index in [1.54, 1.807) is 0 Å². The highest BCUT2D eigenvalue weighted by atomic mass is 35.7. The zero-order valence-corrected chi connectivity index (χ0v) is 9.90. The maximum absolute atomic E-state index is 5.83. The summed E-state index contributed by atoms with van der Waals surface area (Å²) in [5.74, 6) is 0. The van der Waals surface area contributed by atoms with Crippen LogP contribution in [0.4, 0.5) is 0 Å². The molecule has 2 atom stereocenters. The van der Waals surface area contributed by atoms with E-state index in [1.165, 1.54) is 0 Å².